The number of hydrogen-bond acceptors (Lipinski definition) is 3. The summed E-state index contributed by atoms with van der Waals surface area (Å²) in [7, 11) is 0. The molecule has 2 N–H and O–H groups in total. The van der Waals surface area contributed by atoms with Crippen molar-refractivity contribution < 1.29 is 4.74 Å². The van der Waals surface area contributed by atoms with Crippen LogP contribution >= 0.6 is 0 Å². The molecule has 0 saturated carbocycles. The van der Waals surface area contributed by atoms with Crippen molar-refractivity contribution in [2.45, 2.75) is 58.4 Å². The minimum absolute atomic E-state index is 0.285. The molecule has 0 spiro atoms. The first-order chi connectivity index (χ1) is 6.54. The highest BCUT2D eigenvalue weighted by Crippen LogP contribution is 2.15. The summed E-state index contributed by atoms with van der Waals surface area (Å²) in [5.41, 5.74) is 6.06. The first-order valence-electron chi connectivity index (χ1n) is 5.69. The van der Waals surface area contributed by atoms with Gasteiger partial charge in [0.05, 0.1) is 12.2 Å². The largest absolute Gasteiger partial charge is 0.373 e. The highest BCUT2D eigenvalue weighted by atomic mass is 16.5. The van der Waals surface area contributed by atoms with Gasteiger partial charge in [-0.05, 0) is 27.2 Å². The highest BCUT2D eigenvalue weighted by Gasteiger charge is 2.27. The summed E-state index contributed by atoms with van der Waals surface area (Å²) in [5.74, 6) is 0. The number of rotatable bonds is 3. The van der Waals surface area contributed by atoms with Crippen LogP contribution in [0.5, 0.6) is 0 Å². The van der Waals surface area contributed by atoms with Gasteiger partial charge in [0.15, 0.2) is 0 Å². The second-order valence-corrected chi connectivity index (χ2v) is 4.52. The topological polar surface area (TPSA) is 38.5 Å². The Morgan fingerprint density at radius 2 is 1.86 bits per heavy atom. The molecular weight excluding hydrogens is 176 g/mol. The van der Waals surface area contributed by atoms with Crippen molar-refractivity contribution in [2.75, 3.05) is 13.1 Å². The Morgan fingerprint density at radius 1 is 1.36 bits per heavy atom. The lowest BCUT2D eigenvalue weighted by molar-refractivity contribution is -0.0808. The van der Waals surface area contributed by atoms with Gasteiger partial charge in [-0.15, -0.1) is 0 Å². The van der Waals surface area contributed by atoms with E-state index in [1.807, 2.05) is 0 Å². The van der Waals surface area contributed by atoms with Crippen LogP contribution in [-0.4, -0.2) is 42.3 Å². The van der Waals surface area contributed by atoms with Crippen LogP contribution in [0.1, 0.15) is 34.1 Å². The van der Waals surface area contributed by atoms with Crippen molar-refractivity contribution in [1.29, 1.82) is 0 Å². The maximum Gasteiger partial charge on any atom is 0.0678 e. The van der Waals surface area contributed by atoms with E-state index in [9.17, 15) is 0 Å². The molecule has 0 amide bonds. The minimum Gasteiger partial charge on any atom is -0.373 e. The van der Waals surface area contributed by atoms with Crippen molar-refractivity contribution in [1.82, 2.24) is 4.90 Å². The standard InChI is InChI=1S/C11H24N2O/c1-5-11(12)10(4)13-6-8(2)14-9(3)7-13/h8-11H,5-7,12H2,1-4H3. The van der Waals surface area contributed by atoms with Crippen molar-refractivity contribution in [3.63, 3.8) is 0 Å². The van der Waals surface area contributed by atoms with E-state index in [1.165, 1.54) is 0 Å². The number of nitrogens with zero attached hydrogens (tertiary/aromatic N) is 1. The van der Waals surface area contributed by atoms with E-state index in [0.29, 0.717) is 18.2 Å². The lowest BCUT2D eigenvalue weighted by atomic mass is 10.0. The molecule has 3 heteroatoms. The SMILES string of the molecule is CCC(N)C(C)N1CC(C)OC(C)C1. The Hall–Kier alpha value is -0.120. The van der Waals surface area contributed by atoms with Gasteiger partial charge in [-0.25, -0.2) is 0 Å². The van der Waals surface area contributed by atoms with Crippen LogP contribution in [0, 0.1) is 0 Å². The average Bonchev–Trinajstić information content (AvgIpc) is 2.14. The van der Waals surface area contributed by atoms with Gasteiger partial charge in [0, 0.05) is 25.2 Å². The fourth-order valence-electron chi connectivity index (χ4n) is 2.16. The van der Waals surface area contributed by atoms with E-state index in [-0.39, 0.29) is 6.04 Å². The Kier molecular flexibility index (Phi) is 4.35. The summed E-state index contributed by atoms with van der Waals surface area (Å²) in [6.07, 6.45) is 1.72. The zero-order valence-electron chi connectivity index (χ0n) is 9.86. The van der Waals surface area contributed by atoms with E-state index < -0.39 is 0 Å². The van der Waals surface area contributed by atoms with Gasteiger partial charge >= 0.3 is 0 Å². The maximum atomic E-state index is 6.06. The maximum absolute atomic E-state index is 6.06. The van der Waals surface area contributed by atoms with E-state index >= 15 is 0 Å². The molecule has 1 heterocycles. The second-order valence-electron chi connectivity index (χ2n) is 4.52. The van der Waals surface area contributed by atoms with E-state index in [4.69, 9.17) is 10.5 Å². The number of ether oxygens (including phenoxy) is 1. The molecule has 3 nitrogen and oxygen atoms in total. The normalized spacial score (nSPS) is 34.1. The van der Waals surface area contributed by atoms with Gasteiger partial charge in [0.25, 0.3) is 0 Å². The Bertz CT molecular complexity index is 165. The van der Waals surface area contributed by atoms with E-state index in [0.717, 1.165) is 19.5 Å². The van der Waals surface area contributed by atoms with Crippen molar-refractivity contribution >= 4 is 0 Å². The Morgan fingerprint density at radius 3 is 2.29 bits per heavy atom. The van der Waals surface area contributed by atoms with Crippen LogP contribution < -0.4 is 5.73 Å². The molecule has 14 heavy (non-hydrogen) atoms. The average molecular weight is 200 g/mol. The molecule has 1 saturated heterocycles. The third-order valence-electron chi connectivity index (χ3n) is 3.11. The van der Waals surface area contributed by atoms with Crippen LogP contribution in [0.2, 0.25) is 0 Å². The predicted molar refractivity (Wildman–Crippen MR) is 59.3 cm³/mol. The van der Waals surface area contributed by atoms with Crippen molar-refractivity contribution in [3.8, 4) is 0 Å². The third-order valence-corrected chi connectivity index (χ3v) is 3.11. The molecular formula is C11H24N2O. The molecule has 1 fully saturated rings. The van der Waals surface area contributed by atoms with Crippen molar-refractivity contribution in [3.05, 3.63) is 0 Å². The summed E-state index contributed by atoms with van der Waals surface area (Å²) in [6.45, 7) is 10.7. The smallest absolute Gasteiger partial charge is 0.0678 e. The third kappa shape index (κ3) is 2.94. The number of hydrogen-bond donors (Lipinski definition) is 1. The second kappa shape index (κ2) is 5.10. The summed E-state index contributed by atoms with van der Waals surface area (Å²) >= 11 is 0. The zero-order chi connectivity index (χ0) is 10.7. The van der Waals surface area contributed by atoms with Gasteiger partial charge in [0.1, 0.15) is 0 Å². The summed E-state index contributed by atoms with van der Waals surface area (Å²) in [5, 5.41) is 0. The predicted octanol–water partition coefficient (Wildman–Crippen LogP) is 1.22. The molecule has 4 unspecified atom stereocenters. The fourth-order valence-corrected chi connectivity index (χ4v) is 2.16. The lowest BCUT2D eigenvalue weighted by Gasteiger charge is -2.40. The highest BCUT2D eigenvalue weighted by molar-refractivity contribution is 4.82. The summed E-state index contributed by atoms with van der Waals surface area (Å²) < 4.78 is 5.70. The molecule has 0 aliphatic carbocycles. The molecule has 4 atom stereocenters. The van der Waals surface area contributed by atoms with Crippen molar-refractivity contribution in [2.24, 2.45) is 5.73 Å². The Balaban J connectivity index is 2.50. The van der Waals surface area contributed by atoms with Crippen LogP contribution in [0.4, 0.5) is 0 Å². The molecule has 1 rings (SSSR count). The minimum atomic E-state index is 0.285. The Labute approximate surface area is 87.6 Å². The van der Waals surface area contributed by atoms with Crippen LogP contribution in [0.25, 0.3) is 0 Å². The molecule has 0 radical (unpaired) electrons. The summed E-state index contributed by atoms with van der Waals surface area (Å²) in [4.78, 5) is 2.45. The first-order valence-corrected chi connectivity index (χ1v) is 5.69. The molecule has 0 aromatic carbocycles. The lowest BCUT2D eigenvalue weighted by Crippen LogP contribution is -2.54. The zero-order valence-corrected chi connectivity index (χ0v) is 9.86. The molecule has 0 aromatic rings. The molecule has 1 aliphatic heterocycles. The van der Waals surface area contributed by atoms with Crippen LogP contribution in [0.15, 0.2) is 0 Å². The van der Waals surface area contributed by atoms with Crippen LogP contribution in [0.3, 0.4) is 0 Å². The fraction of sp³-hybridized carbons (Fsp3) is 1.00. The number of morpholine rings is 1. The van der Waals surface area contributed by atoms with Gasteiger partial charge in [-0.3, -0.25) is 4.90 Å². The first kappa shape index (κ1) is 12.0. The summed E-state index contributed by atoms with van der Waals surface area (Å²) in [6, 6.07) is 0.751. The van der Waals surface area contributed by atoms with E-state index in [2.05, 4.69) is 32.6 Å². The van der Waals surface area contributed by atoms with Gasteiger partial charge in [0.2, 0.25) is 0 Å². The molecule has 1 aliphatic rings. The number of nitrogens with two attached hydrogens (primary N) is 1. The van der Waals surface area contributed by atoms with Gasteiger partial charge in [-0.1, -0.05) is 6.92 Å². The van der Waals surface area contributed by atoms with Gasteiger partial charge < -0.3 is 10.5 Å². The quantitative estimate of drug-likeness (QED) is 0.744. The molecule has 0 bridgehead atoms. The van der Waals surface area contributed by atoms with Crippen LogP contribution in [-0.2, 0) is 4.74 Å². The van der Waals surface area contributed by atoms with E-state index in [1.54, 1.807) is 0 Å². The van der Waals surface area contributed by atoms with Gasteiger partial charge in [-0.2, -0.15) is 0 Å². The monoisotopic (exact) mass is 200 g/mol. The molecule has 84 valence electrons. The molecule has 0 aromatic heterocycles.